The summed E-state index contributed by atoms with van der Waals surface area (Å²) >= 11 is 2.10. The summed E-state index contributed by atoms with van der Waals surface area (Å²) in [6.45, 7) is 4.06. The van der Waals surface area contributed by atoms with Crippen molar-refractivity contribution in [1.82, 2.24) is 0 Å². The number of thioether (sulfide) groups is 1. The molecule has 2 atom stereocenters. The van der Waals surface area contributed by atoms with E-state index in [1.165, 1.54) is 19.3 Å². The van der Waals surface area contributed by atoms with Crippen LogP contribution in [0.2, 0.25) is 0 Å². The predicted octanol–water partition coefficient (Wildman–Crippen LogP) is 4.11. The van der Waals surface area contributed by atoms with Crippen LogP contribution in [-0.2, 0) is 5.60 Å². The molecule has 110 valence electrons. The molecule has 1 aromatic rings. The molecule has 2 heterocycles. The second-order valence-electron chi connectivity index (χ2n) is 6.44. The number of fused-ring (bicyclic) bond motifs is 2. The Balaban J connectivity index is 1.77. The van der Waals surface area contributed by atoms with Gasteiger partial charge in [0.25, 0.3) is 0 Å². The fourth-order valence-electron chi connectivity index (χ4n) is 3.47. The monoisotopic (exact) mass is 292 g/mol. The van der Waals surface area contributed by atoms with Crippen LogP contribution in [-0.4, -0.2) is 21.7 Å². The third-order valence-corrected chi connectivity index (χ3v) is 5.91. The molecule has 2 fully saturated rings. The maximum atomic E-state index is 11.1. The predicted molar refractivity (Wildman–Crippen MR) is 84.4 cm³/mol. The molecule has 1 aromatic carbocycles. The third kappa shape index (κ3) is 2.99. The molecule has 0 radical (unpaired) electrons. The zero-order valence-electron chi connectivity index (χ0n) is 12.3. The molecule has 2 bridgehead atoms. The Bertz CT molecular complexity index is 443. The first-order chi connectivity index (χ1) is 9.55. The van der Waals surface area contributed by atoms with E-state index in [9.17, 15) is 5.11 Å². The Morgan fingerprint density at radius 1 is 1.15 bits per heavy atom. The van der Waals surface area contributed by atoms with E-state index in [1.807, 2.05) is 38.1 Å². The topological polar surface area (TPSA) is 29.5 Å². The van der Waals surface area contributed by atoms with Gasteiger partial charge in [-0.1, -0.05) is 18.6 Å². The molecule has 2 unspecified atom stereocenters. The lowest BCUT2D eigenvalue weighted by Crippen LogP contribution is -2.40. The van der Waals surface area contributed by atoms with Crippen molar-refractivity contribution in [2.45, 2.75) is 68.2 Å². The summed E-state index contributed by atoms with van der Waals surface area (Å²) in [4.78, 5) is 0. The summed E-state index contributed by atoms with van der Waals surface area (Å²) in [7, 11) is 0. The van der Waals surface area contributed by atoms with E-state index in [0.717, 1.165) is 24.2 Å². The quantitative estimate of drug-likeness (QED) is 0.909. The minimum atomic E-state index is -0.628. The molecule has 0 aliphatic carbocycles. The molecule has 2 nitrogen and oxygen atoms in total. The average molecular weight is 292 g/mol. The fraction of sp³-hybridized carbons (Fsp3) is 0.647. The largest absolute Gasteiger partial charge is 0.491 e. The highest BCUT2D eigenvalue weighted by Crippen LogP contribution is 2.49. The lowest BCUT2D eigenvalue weighted by atomic mass is 9.80. The van der Waals surface area contributed by atoms with E-state index in [2.05, 4.69) is 11.8 Å². The Morgan fingerprint density at radius 3 is 2.30 bits per heavy atom. The van der Waals surface area contributed by atoms with Crippen molar-refractivity contribution < 1.29 is 9.84 Å². The summed E-state index contributed by atoms with van der Waals surface area (Å²) in [6.07, 6.45) is 5.85. The Morgan fingerprint density at radius 2 is 1.75 bits per heavy atom. The summed E-state index contributed by atoms with van der Waals surface area (Å²) < 4.78 is 5.68. The highest BCUT2D eigenvalue weighted by atomic mass is 32.2. The van der Waals surface area contributed by atoms with Crippen LogP contribution in [0.15, 0.2) is 24.3 Å². The number of benzene rings is 1. The van der Waals surface area contributed by atoms with Crippen molar-refractivity contribution in [3.05, 3.63) is 29.8 Å². The van der Waals surface area contributed by atoms with E-state index >= 15 is 0 Å². The normalized spacial score (nSPS) is 33.2. The number of aliphatic hydroxyl groups is 1. The van der Waals surface area contributed by atoms with Crippen LogP contribution in [0.25, 0.3) is 0 Å². The zero-order valence-corrected chi connectivity index (χ0v) is 13.2. The first kappa shape index (κ1) is 14.3. The van der Waals surface area contributed by atoms with Gasteiger partial charge in [0.05, 0.1) is 11.7 Å². The van der Waals surface area contributed by atoms with Crippen molar-refractivity contribution in [3.63, 3.8) is 0 Å². The van der Waals surface area contributed by atoms with E-state index in [4.69, 9.17) is 4.74 Å². The lowest BCUT2D eigenvalue weighted by Gasteiger charge is -2.44. The first-order valence-electron chi connectivity index (χ1n) is 7.70. The molecule has 2 saturated heterocycles. The van der Waals surface area contributed by atoms with Crippen LogP contribution in [0.5, 0.6) is 5.75 Å². The fourth-order valence-corrected chi connectivity index (χ4v) is 5.36. The van der Waals surface area contributed by atoms with Crippen LogP contribution < -0.4 is 4.74 Å². The van der Waals surface area contributed by atoms with Gasteiger partial charge in [0.15, 0.2) is 0 Å². The molecule has 1 N–H and O–H groups in total. The van der Waals surface area contributed by atoms with Crippen LogP contribution in [0.4, 0.5) is 0 Å². The van der Waals surface area contributed by atoms with Crippen LogP contribution in [0.3, 0.4) is 0 Å². The van der Waals surface area contributed by atoms with Gasteiger partial charge in [0, 0.05) is 10.5 Å². The zero-order chi connectivity index (χ0) is 14.2. The number of hydrogen-bond acceptors (Lipinski definition) is 3. The van der Waals surface area contributed by atoms with Gasteiger partial charge < -0.3 is 9.84 Å². The molecule has 20 heavy (non-hydrogen) atoms. The molecule has 3 rings (SSSR count). The summed E-state index contributed by atoms with van der Waals surface area (Å²) in [6, 6.07) is 8.07. The van der Waals surface area contributed by atoms with Crippen molar-refractivity contribution in [2.75, 3.05) is 0 Å². The van der Waals surface area contributed by atoms with Crippen LogP contribution in [0, 0.1) is 0 Å². The molecule has 0 amide bonds. The van der Waals surface area contributed by atoms with Crippen molar-refractivity contribution >= 4 is 11.8 Å². The Hall–Kier alpha value is -0.670. The van der Waals surface area contributed by atoms with Crippen molar-refractivity contribution in [1.29, 1.82) is 0 Å². The van der Waals surface area contributed by atoms with E-state index < -0.39 is 5.60 Å². The van der Waals surface area contributed by atoms with Gasteiger partial charge >= 0.3 is 0 Å². The summed E-state index contributed by atoms with van der Waals surface area (Å²) in [5.41, 5.74) is 0.433. The van der Waals surface area contributed by atoms with Gasteiger partial charge in [-0.25, -0.2) is 0 Å². The highest BCUT2D eigenvalue weighted by molar-refractivity contribution is 8.00. The van der Waals surface area contributed by atoms with Crippen LogP contribution >= 0.6 is 11.8 Å². The number of ether oxygens (including phenoxy) is 1. The summed E-state index contributed by atoms with van der Waals surface area (Å²) in [5.74, 6) is 0.887. The molecular weight excluding hydrogens is 268 g/mol. The molecule has 2 aliphatic rings. The first-order valence-corrected chi connectivity index (χ1v) is 8.64. The van der Waals surface area contributed by atoms with Gasteiger partial charge in [-0.15, -0.1) is 0 Å². The smallest absolute Gasteiger partial charge is 0.119 e. The molecule has 0 aromatic heterocycles. The van der Waals surface area contributed by atoms with E-state index in [0.29, 0.717) is 10.5 Å². The lowest BCUT2D eigenvalue weighted by molar-refractivity contribution is 0.00808. The SMILES string of the molecule is CC(C)Oc1ccc(C2(O)CC3CCCC(C2)S3)cc1. The van der Waals surface area contributed by atoms with Gasteiger partial charge in [0.2, 0.25) is 0 Å². The molecule has 0 spiro atoms. The van der Waals surface area contributed by atoms with Gasteiger partial charge in [-0.3, -0.25) is 0 Å². The molecular formula is C17H24O2S. The van der Waals surface area contributed by atoms with E-state index in [-0.39, 0.29) is 6.10 Å². The molecule has 2 aliphatic heterocycles. The number of hydrogen-bond donors (Lipinski definition) is 1. The minimum absolute atomic E-state index is 0.189. The molecule has 3 heteroatoms. The van der Waals surface area contributed by atoms with E-state index in [1.54, 1.807) is 0 Å². The highest BCUT2D eigenvalue weighted by Gasteiger charge is 2.42. The summed E-state index contributed by atoms with van der Waals surface area (Å²) in [5, 5.41) is 12.3. The average Bonchev–Trinajstić information content (AvgIpc) is 2.38. The second-order valence-corrected chi connectivity index (χ2v) is 8.05. The van der Waals surface area contributed by atoms with Crippen LogP contribution in [0.1, 0.15) is 51.5 Å². The maximum absolute atomic E-state index is 11.1. The minimum Gasteiger partial charge on any atom is -0.491 e. The van der Waals surface area contributed by atoms with Gasteiger partial charge in [-0.05, 0) is 57.2 Å². The van der Waals surface area contributed by atoms with Crippen molar-refractivity contribution in [2.24, 2.45) is 0 Å². The Kier molecular flexibility index (Phi) is 4.00. The Labute approximate surface area is 125 Å². The third-order valence-electron chi connectivity index (χ3n) is 4.33. The van der Waals surface area contributed by atoms with Crippen molar-refractivity contribution in [3.8, 4) is 5.75 Å². The number of rotatable bonds is 3. The molecule has 0 saturated carbocycles. The standard InChI is InChI=1S/C17H24O2S/c1-12(2)19-14-8-6-13(7-9-14)17(18)10-15-4-3-5-16(11-17)20-15/h6-9,12,15-16,18H,3-5,10-11H2,1-2H3. The van der Waals surface area contributed by atoms with Gasteiger partial charge in [0.1, 0.15) is 5.75 Å². The second kappa shape index (κ2) is 5.61. The van der Waals surface area contributed by atoms with Gasteiger partial charge in [-0.2, -0.15) is 11.8 Å². The maximum Gasteiger partial charge on any atom is 0.119 e.